The van der Waals surface area contributed by atoms with Gasteiger partial charge in [-0.05, 0) is 25.7 Å². The molecule has 72 heavy (non-hydrogen) atoms. The van der Waals surface area contributed by atoms with Crippen LogP contribution in [0.5, 0.6) is 0 Å². The maximum absolute atomic E-state index is 12.4. The molecule has 0 saturated carbocycles. The minimum atomic E-state index is -0.657. The average Bonchev–Trinajstić information content (AvgIpc) is 3.38. The first-order valence-electron chi connectivity index (χ1n) is 33.3. The van der Waals surface area contributed by atoms with E-state index in [1.165, 1.54) is 315 Å². The summed E-state index contributed by atoms with van der Waals surface area (Å²) in [6.45, 7) is 4.97. The first-order chi connectivity index (χ1) is 35.5. The second kappa shape index (κ2) is 62.4. The van der Waals surface area contributed by atoms with Crippen LogP contribution >= 0.6 is 0 Å². The van der Waals surface area contributed by atoms with Gasteiger partial charge in [0.2, 0.25) is 5.91 Å². The summed E-state index contributed by atoms with van der Waals surface area (Å²) in [5.41, 5.74) is 0. The van der Waals surface area contributed by atoms with E-state index in [0.717, 1.165) is 38.5 Å². The number of hydrogen-bond acceptors (Lipinski definition) is 5. The van der Waals surface area contributed by atoms with Crippen molar-refractivity contribution in [2.45, 2.75) is 398 Å². The highest BCUT2D eigenvalue weighted by Crippen LogP contribution is 2.19. The Morgan fingerprint density at radius 1 is 0.333 bits per heavy atom. The Kier molecular flexibility index (Phi) is 61.4. The fraction of sp³-hybridized carbons (Fsp3) is 0.970. The molecular weight excluding hydrogens is 887 g/mol. The molecule has 0 aliphatic heterocycles. The molecule has 0 radical (unpaired) electrons. The molecule has 6 heteroatoms. The lowest BCUT2D eigenvalue weighted by Gasteiger charge is -2.22. The molecule has 0 spiro atoms. The Hall–Kier alpha value is -1.14. The first-order valence-corrected chi connectivity index (χ1v) is 33.3. The van der Waals surface area contributed by atoms with Gasteiger partial charge in [-0.15, -0.1) is 0 Å². The predicted molar refractivity (Wildman–Crippen MR) is 315 cm³/mol. The Morgan fingerprint density at radius 3 is 0.847 bits per heavy atom. The minimum Gasteiger partial charge on any atom is -0.466 e. The molecule has 6 nitrogen and oxygen atoms in total. The Balaban J connectivity index is 3.27. The maximum Gasteiger partial charge on any atom is 0.305 e. The summed E-state index contributed by atoms with van der Waals surface area (Å²) < 4.78 is 5.49. The zero-order valence-electron chi connectivity index (χ0n) is 49.2. The Labute approximate surface area is 451 Å². The van der Waals surface area contributed by atoms with Crippen LogP contribution < -0.4 is 5.32 Å². The highest BCUT2D eigenvalue weighted by atomic mass is 16.5. The predicted octanol–water partition coefficient (Wildman–Crippen LogP) is 21.0. The first kappa shape index (κ1) is 70.9. The van der Waals surface area contributed by atoms with E-state index in [9.17, 15) is 19.8 Å². The summed E-state index contributed by atoms with van der Waals surface area (Å²) in [4.78, 5) is 24.5. The van der Waals surface area contributed by atoms with Crippen molar-refractivity contribution in [1.82, 2.24) is 5.32 Å². The van der Waals surface area contributed by atoms with Crippen LogP contribution in [0.15, 0.2) is 0 Å². The highest BCUT2D eigenvalue weighted by molar-refractivity contribution is 5.76. The van der Waals surface area contributed by atoms with Crippen molar-refractivity contribution >= 4 is 11.9 Å². The summed E-state index contributed by atoms with van der Waals surface area (Å²) in [6, 6.07) is -0.534. The van der Waals surface area contributed by atoms with Crippen molar-refractivity contribution in [3.63, 3.8) is 0 Å². The molecule has 0 aromatic rings. The number of carbonyl (C=O) groups is 2. The van der Waals surface area contributed by atoms with Crippen LogP contribution in [-0.4, -0.2) is 47.4 Å². The number of aliphatic hydroxyl groups is 2. The van der Waals surface area contributed by atoms with E-state index in [1.54, 1.807) is 0 Å². The van der Waals surface area contributed by atoms with Crippen molar-refractivity contribution in [2.24, 2.45) is 0 Å². The van der Waals surface area contributed by atoms with Crippen molar-refractivity contribution < 1.29 is 24.5 Å². The van der Waals surface area contributed by atoms with Gasteiger partial charge in [-0.3, -0.25) is 9.59 Å². The highest BCUT2D eigenvalue weighted by Gasteiger charge is 2.20. The normalized spacial score (nSPS) is 12.4. The molecular formula is C66H131NO5. The van der Waals surface area contributed by atoms with Crippen LogP contribution in [0.1, 0.15) is 386 Å². The van der Waals surface area contributed by atoms with Crippen LogP contribution in [-0.2, 0) is 14.3 Å². The fourth-order valence-electron chi connectivity index (χ4n) is 10.8. The Morgan fingerprint density at radius 2 is 0.569 bits per heavy atom. The van der Waals surface area contributed by atoms with Crippen LogP contribution in [0, 0.1) is 0 Å². The molecule has 0 bridgehead atoms. The molecule has 0 aliphatic rings. The molecule has 0 rings (SSSR count). The lowest BCUT2D eigenvalue weighted by atomic mass is 10.0. The molecule has 1 amide bonds. The molecule has 2 atom stereocenters. The quantitative estimate of drug-likeness (QED) is 0.0417. The van der Waals surface area contributed by atoms with Gasteiger partial charge >= 0.3 is 5.97 Å². The lowest BCUT2D eigenvalue weighted by Crippen LogP contribution is -2.45. The van der Waals surface area contributed by atoms with Crippen molar-refractivity contribution in [2.75, 3.05) is 13.2 Å². The molecule has 0 aromatic carbocycles. The van der Waals surface area contributed by atoms with Gasteiger partial charge < -0.3 is 20.3 Å². The monoisotopic (exact) mass is 1020 g/mol. The molecule has 0 aromatic heterocycles. The van der Waals surface area contributed by atoms with E-state index in [2.05, 4.69) is 19.2 Å². The number of ether oxygens (including phenoxy) is 1. The largest absolute Gasteiger partial charge is 0.466 e. The fourth-order valence-corrected chi connectivity index (χ4v) is 10.8. The SMILES string of the molecule is CCCCCCCCCCCCCCCC(=O)OCCCCCCCCCCCCCCCCCCCCCCCCCCCCCCCCCCCC(=O)NC(CO)C(O)CCCCCCCCCCC. The summed E-state index contributed by atoms with van der Waals surface area (Å²) in [6.07, 6.45) is 74.5. The standard InChI is InChI=1S/C66H131NO5/c1-3-5-7-9-11-13-14-36-40-44-48-52-56-60-66(71)72-61-57-53-49-45-41-38-35-33-31-29-27-25-23-21-19-17-15-16-18-20-22-24-26-28-30-32-34-37-39-43-47-51-55-59-65(70)67-63(62-68)64(69)58-54-50-46-42-12-10-8-6-4-2/h63-64,68-69H,3-62H2,1-2H3,(H,67,70). The number of unbranched alkanes of at least 4 members (excludes halogenated alkanes) is 52. The van der Waals surface area contributed by atoms with Gasteiger partial charge in [0.15, 0.2) is 0 Å². The van der Waals surface area contributed by atoms with Gasteiger partial charge in [-0.25, -0.2) is 0 Å². The second-order valence-corrected chi connectivity index (χ2v) is 23.2. The van der Waals surface area contributed by atoms with Crippen molar-refractivity contribution in [3.8, 4) is 0 Å². The van der Waals surface area contributed by atoms with Gasteiger partial charge in [0, 0.05) is 12.8 Å². The smallest absolute Gasteiger partial charge is 0.305 e. The molecule has 0 fully saturated rings. The van der Waals surface area contributed by atoms with E-state index < -0.39 is 12.1 Å². The number of carbonyl (C=O) groups excluding carboxylic acids is 2. The zero-order valence-corrected chi connectivity index (χ0v) is 49.2. The van der Waals surface area contributed by atoms with Crippen LogP contribution in [0.25, 0.3) is 0 Å². The van der Waals surface area contributed by atoms with E-state index >= 15 is 0 Å². The number of nitrogens with one attached hydrogen (secondary N) is 1. The maximum atomic E-state index is 12.4. The third-order valence-corrected chi connectivity index (χ3v) is 15.9. The number of esters is 1. The van der Waals surface area contributed by atoms with E-state index in [1.807, 2.05) is 0 Å². The molecule has 430 valence electrons. The van der Waals surface area contributed by atoms with E-state index in [4.69, 9.17) is 4.74 Å². The molecule has 0 heterocycles. The van der Waals surface area contributed by atoms with Crippen LogP contribution in [0.3, 0.4) is 0 Å². The van der Waals surface area contributed by atoms with Gasteiger partial charge in [-0.2, -0.15) is 0 Å². The third-order valence-electron chi connectivity index (χ3n) is 15.9. The van der Waals surface area contributed by atoms with Crippen molar-refractivity contribution in [1.29, 1.82) is 0 Å². The topological polar surface area (TPSA) is 95.9 Å². The molecule has 2 unspecified atom stereocenters. The lowest BCUT2D eigenvalue weighted by molar-refractivity contribution is -0.143. The van der Waals surface area contributed by atoms with Crippen molar-refractivity contribution in [3.05, 3.63) is 0 Å². The van der Waals surface area contributed by atoms with Crippen LogP contribution in [0.2, 0.25) is 0 Å². The van der Waals surface area contributed by atoms with Gasteiger partial charge in [0.1, 0.15) is 0 Å². The number of aliphatic hydroxyl groups excluding tert-OH is 2. The summed E-state index contributed by atoms with van der Waals surface area (Å²) in [5.74, 6) is -0.00634. The second-order valence-electron chi connectivity index (χ2n) is 23.2. The third kappa shape index (κ3) is 58.1. The number of hydrogen-bond donors (Lipinski definition) is 3. The van der Waals surface area contributed by atoms with Gasteiger partial charge in [-0.1, -0.05) is 348 Å². The van der Waals surface area contributed by atoms with Gasteiger partial charge in [0.25, 0.3) is 0 Å². The van der Waals surface area contributed by atoms with Crippen LogP contribution in [0.4, 0.5) is 0 Å². The van der Waals surface area contributed by atoms with E-state index in [0.29, 0.717) is 25.9 Å². The summed E-state index contributed by atoms with van der Waals surface area (Å²) >= 11 is 0. The average molecular weight is 1020 g/mol. The minimum absolute atomic E-state index is 0.0240. The summed E-state index contributed by atoms with van der Waals surface area (Å²) in [5, 5.41) is 23.1. The van der Waals surface area contributed by atoms with E-state index in [-0.39, 0.29) is 18.5 Å². The molecule has 0 saturated heterocycles. The van der Waals surface area contributed by atoms with Gasteiger partial charge in [0.05, 0.1) is 25.4 Å². The number of rotatable bonds is 63. The zero-order chi connectivity index (χ0) is 52.2. The summed E-state index contributed by atoms with van der Waals surface area (Å²) in [7, 11) is 0. The Bertz CT molecular complexity index is 1040. The molecule has 3 N–H and O–H groups in total. The number of amides is 1. The molecule has 0 aliphatic carbocycles.